The van der Waals surface area contributed by atoms with Gasteiger partial charge in [0.25, 0.3) is 0 Å². The van der Waals surface area contributed by atoms with Gasteiger partial charge in [0.2, 0.25) is 0 Å². The van der Waals surface area contributed by atoms with E-state index in [9.17, 15) is 20.1 Å². The molecule has 3 heterocycles. The smallest absolute Gasteiger partial charge is 0.339 e. The highest BCUT2D eigenvalue weighted by Gasteiger charge is 2.37. The monoisotopic (exact) mass is 993 g/mol. The Hall–Kier alpha value is -6.15. The first-order valence-corrected chi connectivity index (χ1v) is 27.0. The normalized spacial score (nSPS) is 15.9. The third-order valence-corrected chi connectivity index (χ3v) is 14.3. The van der Waals surface area contributed by atoms with Crippen molar-refractivity contribution in [3.8, 4) is 56.8 Å². The molecule has 392 valence electrons. The Morgan fingerprint density at radius 1 is 0.644 bits per heavy atom. The molecule has 5 aromatic rings. The van der Waals surface area contributed by atoms with Crippen LogP contribution >= 0.6 is 0 Å². The number of benzene rings is 5. The van der Waals surface area contributed by atoms with Gasteiger partial charge < -0.3 is 34.3 Å². The van der Waals surface area contributed by atoms with E-state index in [1.54, 1.807) is 13.2 Å². The number of carbonyl (C=O) groups is 1. The van der Waals surface area contributed by atoms with Crippen LogP contribution in [-0.2, 0) is 30.5 Å². The van der Waals surface area contributed by atoms with E-state index in [0.717, 1.165) is 102 Å². The number of unbranched alkanes of at least 4 members (excludes halogenated alkanes) is 6. The largest absolute Gasteiger partial charge is 0.507 e. The Labute approximate surface area is 437 Å². The fourth-order valence-electron chi connectivity index (χ4n) is 10.3. The molecule has 1 atom stereocenters. The zero-order valence-electron chi connectivity index (χ0n) is 46.4. The van der Waals surface area contributed by atoms with Gasteiger partial charge >= 0.3 is 5.97 Å². The number of ether oxygens (including phenoxy) is 4. The lowest BCUT2D eigenvalue weighted by atomic mass is 9.83. The van der Waals surface area contributed by atoms with Crippen molar-refractivity contribution >= 4 is 12.0 Å². The average molecular weight is 993 g/mol. The van der Waals surface area contributed by atoms with Crippen LogP contribution in [0.3, 0.4) is 0 Å². The van der Waals surface area contributed by atoms with E-state index in [2.05, 4.69) is 111 Å². The molecule has 0 aromatic heterocycles. The average Bonchev–Trinajstić information content (AvgIpc) is 3.31. The SMILES string of the molecule is CCCCCc1cc(O)c2c(c1)OC(C)(CCC=C(C)C)C=C2.CCCCCc1cc(OC)c2c(c1)OC(C)(C)c1ccc(C)cc1-2.CCCCCc1cc2c(c(O)c1C(=O)O)-c1cc(C)ccc1C(C)(C)O2. The van der Waals surface area contributed by atoms with E-state index in [1.807, 2.05) is 51.1 Å². The maximum atomic E-state index is 11.9. The van der Waals surface area contributed by atoms with Gasteiger partial charge in [-0.3, -0.25) is 0 Å². The number of fused-ring (bicyclic) bond motifs is 7. The summed E-state index contributed by atoms with van der Waals surface area (Å²) in [6, 6.07) is 22.7. The molecule has 0 saturated carbocycles. The number of aryl methyl sites for hydroxylation is 5. The van der Waals surface area contributed by atoms with Crippen molar-refractivity contribution in [2.24, 2.45) is 0 Å². The van der Waals surface area contributed by atoms with Crippen LogP contribution in [0.2, 0.25) is 0 Å². The number of allylic oxidation sites excluding steroid dienone is 2. The Bertz CT molecular complexity index is 2800. The number of aromatic hydroxyl groups is 2. The quantitative estimate of drug-likeness (QED) is 0.0623. The summed E-state index contributed by atoms with van der Waals surface area (Å²) >= 11 is 0. The van der Waals surface area contributed by atoms with Crippen molar-refractivity contribution in [2.45, 2.75) is 190 Å². The summed E-state index contributed by atoms with van der Waals surface area (Å²) in [6.45, 7) is 25.3. The minimum absolute atomic E-state index is 0.00406. The van der Waals surface area contributed by atoms with Crippen LogP contribution in [0.5, 0.6) is 34.5 Å². The highest BCUT2D eigenvalue weighted by molar-refractivity contribution is 5.98. The molecule has 0 fully saturated rings. The predicted octanol–water partition coefficient (Wildman–Crippen LogP) is 17.5. The van der Waals surface area contributed by atoms with Gasteiger partial charge in [-0.25, -0.2) is 4.79 Å². The molecule has 0 radical (unpaired) electrons. The zero-order chi connectivity index (χ0) is 53.3. The summed E-state index contributed by atoms with van der Waals surface area (Å²) < 4.78 is 24.6. The first-order valence-electron chi connectivity index (χ1n) is 27.0. The van der Waals surface area contributed by atoms with Gasteiger partial charge in [0, 0.05) is 11.1 Å². The van der Waals surface area contributed by atoms with Crippen LogP contribution in [0, 0.1) is 13.8 Å². The molecule has 8 heteroatoms. The fraction of sp³-hybridized carbons (Fsp3) is 0.462. The molecule has 0 aliphatic carbocycles. The van der Waals surface area contributed by atoms with Gasteiger partial charge in [0.1, 0.15) is 56.9 Å². The molecule has 0 saturated heterocycles. The van der Waals surface area contributed by atoms with Crippen LogP contribution in [0.25, 0.3) is 28.3 Å². The second-order valence-electron chi connectivity index (χ2n) is 21.9. The van der Waals surface area contributed by atoms with Crippen LogP contribution in [0.4, 0.5) is 0 Å². The summed E-state index contributed by atoms with van der Waals surface area (Å²) in [5.74, 6) is 2.28. The van der Waals surface area contributed by atoms with Crippen molar-refractivity contribution in [1.82, 2.24) is 0 Å². The second-order valence-corrected chi connectivity index (χ2v) is 21.9. The molecular formula is C65H84O8. The third-order valence-electron chi connectivity index (χ3n) is 14.3. The minimum Gasteiger partial charge on any atom is -0.507 e. The summed E-state index contributed by atoms with van der Waals surface area (Å²) in [5.41, 5.74) is 12.2. The van der Waals surface area contributed by atoms with Crippen molar-refractivity contribution in [1.29, 1.82) is 0 Å². The standard InChI is InChI=1S/C22H26O4.C22H28O2.C21H30O2/c1-5-6-7-8-14-12-17-19(20(23)18(14)21(24)25)15-11-13(2)9-10-16(15)22(3,4)26-17;1-6-7-8-9-16-13-19(23-5)21-17-12-15(2)10-11-18(17)22(3,4)24-20(21)14-16;1-5-6-7-10-17-14-19(22)18-11-13-21(4,23-20(18)15-17)12-8-9-16(2)3/h9-12,23H,5-8H2,1-4H3,(H,24,25);10-14H,6-9H2,1-5H3;9,11,13-15,22H,5-8,10,12H2,1-4H3. The molecule has 73 heavy (non-hydrogen) atoms. The summed E-state index contributed by atoms with van der Waals surface area (Å²) in [5, 5.41) is 30.9. The van der Waals surface area contributed by atoms with Crippen LogP contribution in [0.1, 0.15) is 195 Å². The molecule has 0 amide bonds. The van der Waals surface area contributed by atoms with Gasteiger partial charge in [0.05, 0.1) is 23.8 Å². The van der Waals surface area contributed by atoms with E-state index in [4.69, 9.17) is 18.9 Å². The lowest BCUT2D eigenvalue weighted by Crippen LogP contribution is -2.31. The fourth-order valence-corrected chi connectivity index (χ4v) is 10.3. The summed E-state index contributed by atoms with van der Waals surface area (Å²) in [6.07, 6.45) is 21.2. The first kappa shape index (κ1) is 56.2. The number of hydrogen-bond acceptors (Lipinski definition) is 7. The third kappa shape index (κ3) is 13.5. The minimum atomic E-state index is -1.10. The molecular weight excluding hydrogens is 909 g/mol. The highest BCUT2D eigenvalue weighted by atomic mass is 16.5. The number of carboxylic acid groups (broad SMARTS) is 1. The molecule has 3 N–H and O–H groups in total. The van der Waals surface area contributed by atoms with Gasteiger partial charge in [-0.1, -0.05) is 118 Å². The number of hydrogen-bond donors (Lipinski definition) is 3. The molecule has 8 nitrogen and oxygen atoms in total. The maximum absolute atomic E-state index is 11.9. The Balaban J connectivity index is 0.000000179. The van der Waals surface area contributed by atoms with Gasteiger partial charge in [-0.15, -0.1) is 0 Å². The lowest BCUT2D eigenvalue weighted by molar-refractivity contribution is 0.0691. The Kier molecular flexibility index (Phi) is 18.7. The van der Waals surface area contributed by atoms with Crippen LogP contribution < -0.4 is 18.9 Å². The Morgan fingerprint density at radius 3 is 1.70 bits per heavy atom. The molecule has 3 aliphatic rings. The van der Waals surface area contributed by atoms with Gasteiger partial charge in [-0.2, -0.15) is 0 Å². The number of methoxy groups -OCH3 is 1. The highest BCUT2D eigenvalue weighted by Crippen LogP contribution is 2.52. The van der Waals surface area contributed by atoms with Crippen molar-refractivity contribution < 1.29 is 39.1 Å². The van der Waals surface area contributed by atoms with Gasteiger partial charge in [0.15, 0.2) is 0 Å². The number of phenols is 2. The number of phenolic OH excluding ortho intramolecular Hbond substituents is 1. The van der Waals surface area contributed by atoms with E-state index >= 15 is 0 Å². The maximum Gasteiger partial charge on any atom is 0.339 e. The van der Waals surface area contributed by atoms with E-state index in [1.165, 1.54) is 59.9 Å². The predicted molar refractivity (Wildman–Crippen MR) is 300 cm³/mol. The number of rotatable bonds is 17. The van der Waals surface area contributed by atoms with Crippen LogP contribution in [0.15, 0.2) is 84.5 Å². The molecule has 5 aromatic carbocycles. The van der Waals surface area contributed by atoms with Crippen molar-refractivity contribution in [3.05, 3.63) is 135 Å². The second kappa shape index (κ2) is 24.3. The lowest BCUT2D eigenvalue weighted by Gasteiger charge is -2.36. The summed E-state index contributed by atoms with van der Waals surface area (Å²) in [7, 11) is 1.75. The molecule has 0 bridgehead atoms. The molecule has 0 spiro atoms. The van der Waals surface area contributed by atoms with E-state index in [-0.39, 0.29) is 22.5 Å². The Morgan fingerprint density at radius 2 is 1.16 bits per heavy atom. The number of carboxylic acids is 1. The molecule has 3 aliphatic heterocycles. The van der Waals surface area contributed by atoms with E-state index in [0.29, 0.717) is 29.0 Å². The van der Waals surface area contributed by atoms with Gasteiger partial charge in [-0.05, 0) is 184 Å². The molecule has 8 rings (SSSR count). The zero-order valence-corrected chi connectivity index (χ0v) is 46.4. The summed E-state index contributed by atoms with van der Waals surface area (Å²) in [4.78, 5) is 11.9. The topological polar surface area (TPSA) is 115 Å². The van der Waals surface area contributed by atoms with Crippen molar-refractivity contribution in [2.75, 3.05) is 7.11 Å². The molecule has 1 unspecified atom stereocenters. The van der Waals surface area contributed by atoms with E-state index < -0.39 is 11.6 Å². The first-order chi connectivity index (χ1) is 34.6. The van der Waals surface area contributed by atoms with Crippen molar-refractivity contribution in [3.63, 3.8) is 0 Å². The van der Waals surface area contributed by atoms with Crippen LogP contribution in [-0.4, -0.2) is 34.0 Å². The number of aromatic carboxylic acids is 1.